The fraction of sp³-hybridized carbons (Fsp3) is 0. The maximum absolute atomic E-state index is 5.36. The lowest BCUT2D eigenvalue weighted by Crippen LogP contribution is -1.64. The smallest absolute Gasteiger partial charge is 0.0714 e. The lowest BCUT2D eigenvalue weighted by atomic mass is 10.6. The van der Waals surface area contributed by atoms with Crippen molar-refractivity contribution in [3.05, 3.63) is 21.1 Å². The molecule has 46 valence electrons. The topological polar surface area (TPSA) is 0 Å². The molecule has 0 radical (unpaired) electrons. The fourth-order valence-electron chi connectivity index (χ4n) is 0.104. The van der Waals surface area contributed by atoms with Gasteiger partial charge in [0.15, 0.2) is 0 Å². The molecule has 0 saturated carbocycles. The van der Waals surface area contributed by atoms with Gasteiger partial charge in [-0.15, -0.1) is 0 Å². The predicted octanol–water partition coefficient (Wildman–Crippen LogP) is 3.62. The van der Waals surface area contributed by atoms with Gasteiger partial charge in [0.1, 0.15) is 0 Å². The highest BCUT2D eigenvalue weighted by Gasteiger charge is 1.93. The summed E-state index contributed by atoms with van der Waals surface area (Å²) < 4.78 is 0. The zero-order valence-electron chi connectivity index (χ0n) is 3.67. The molecule has 0 heterocycles. The highest BCUT2D eigenvalue weighted by atomic mass is 35.5. The van der Waals surface area contributed by atoms with Crippen LogP contribution in [0.4, 0.5) is 0 Å². The molecule has 0 aromatic rings. The van der Waals surface area contributed by atoms with Crippen molar-refractivity contribution in [1.82, 2.24) is 0 Å². The van der Waals surface area contributed by atoms with Crippen LogP contribution in [0.25, 0.3) is 0 Å². The number of hydrogen-bond donors (Lipinski definition) is 0. The van der Waals surface area contributed by atoms with E-state index in [1.165, 1.54) is 0 Å². The van der Waals surface area contributed by atoms with E-state index in [4.69, 9.17) is 46.4 Å². The lowest BCUT2D eigenvalue weighted by Gasteiger charge is -1.86. The second-order valence-corrected chi connectivity index (χ2v) is 2.16. The molecule has 0 aromatic heterocycles. The number of halogens is 4. The summed E-state index contributed by atoms with van der Waals surface area (Å²) in [6.45, 7) is 0. The van der Waals surface area contributed by atoms with Crippen LogP contribution in [0.5, 0.6) is 0 Å². The maximum atomic E-state index is 5.36. The zero-order chi connectivity index (χ0) is 6.57. The molecule has 0 fully saturated rings. The van der Waals surface area contributed by atoms with Gasteiger partial charge in [-0.2, -0.15) is 0 Å². The first kappa shape index (κ1) is 8.64. The minimum absolute atomic E-state index is 0.239. The van der Waals surface area contributed by atoms with Gasteiger partial charge in [0, 0.05) is 11.1 Å². The Bertz CT molecular complexity index is 108. The van der Waals surface area contributed by atoms with Crippen molar-refractivity contribution >= 4 is 46.4 Å². The predicted molar refractivity (Wildman–Crippen MR) is 39.6 cm³/mol. The first-order valence-electron chi connectivity index (χ1n) is 1.64. The van der Waals surface area contributed by atoms with Crippen molar-refractivity contribution in [2.24, 2.45) is 0 Å². The van der Waals surface area contributed by atoms with Gasteiger partial charge in [-0.1, -0.05) is 46.4 Å². The molecule has 0 unspecified atom stereocenters. The van der Waals surface area contributed by atoms with E-state index in [1.807, 2.05) is 0 Å². The Hall–Kier alpha value is 0.640. The molecule has 0 nitrogen and oxygen atoms in total. The Morgan fingerprint density at radius 2 is 1.12 bits per heavy atom. The van der Waals surface area contributed by atoms with Crippen LogP contribution in [0, 0.1) is 0 Å². The van der Waals surface area contributed by atoms with Crippen LogP contribution in [-0.2, 0) is 0 Å². The molecule has 0 bridgehead atoms. The number of hydrogen-bond acceptors (Lipinski definition) is 0. The largest absolute Gasteiger partial charge is 0.0913 e. The third-order valence-electron chi connectivity index (χ3n) is 0.420. The minimum Gasteiger partial charge on any atom is -0.0913 e. The van der Waals surface area contributed by atoms with Crippen molar-refractivity contribution in [2.45, 2.75) is 0 Å². The minimum atomic E-state index is 0.239. The SMILES string of the molecule is Cl/C=C(Cl)/C(Cl)=C\Cl. The van der Waals surface area contributed by atoms with Crippen LogP contribution in [-0.4, -0.2) is 0 Å². The number of rotatable bonds is 1. The first-order chi connectivity index (χ1) is 3.72. The fourth-order valence-corrected chi connectivity index (χ4v) is 0.560. The molecule has 0 amide bonds. The van der Waals surface area contributed by atoms with Crippen LogP contribution in [0.1, 0.15) is 0 Å². The van der Waals surface area contributed by atoms with E-state index < -0.39 is 0 Å². The highest BCUT2D eigenvalue weighted by Crippen LogP contribution is 2.19. The second kappa shape index (κ2) is 4.51. The molecule has 0 rings (SSSR count). The van der Waals surface area contributed by atoms with Crippen LogP contribution < -0.4 is 0 Å². The Balaban J connectivity index is 4.04. The standard InChI is InChI=1S/C4H2Cl4/c5-1-3(7)4(8)2-6/h1-2H/b3-1-,4-2+. The summed E-state index contributed by atoms with van der Waals surface area (Å²) in [5.74, 6) is 0. The molecule has 0 spiro atoms. The number of allylic oxidation sites excluding steroid dienone is 2. The summed E-state index contributed by atoms with van der Waals surface area (Å²) in [6.07, 6.45) is 0. The molecule has 0 N–H and O–H groups in total. The molecule has 0 aliphatic carbocycles. The van der Waals surface area contributed by atoms with E-state index >= 15 is 0 Å². The molecule has 0 saturated heterocycles. The van der Waals surface area contributed by atoms with Crippen LogP contribution in [0.15, 0.2) is 21.1 Å². The van der Waals surface area contributed by atoms with Gasteiger partial charge in [0.2, 0.25) is 0 Å². The molecule has 0 aliphatic heterocycles. The Kier molecular flexibility index (Phi) is 4.87. The Labute approximate surface area is 67.7 Å². The van der Waals surface area contributed by atoms with Crippen molar-refractivity contribution in [2.75, 3.05) is 0 Å². The average molecular weight is 192 g/mol. The summed E-state index contributed by atoms with van der Waals surface area (Å²) in [5, 5.41) is 0.478. The summed E-state index contributed by atoms with van der Waals surface area (Å²) in [5.41, 5.74) is 2.28. The van der Waals surface area contributed by atoms with Gasteiger partial charge in [-0.05, 0) is 0 Å². The summed E-state index contributed by atoms with van der Waals surface area (Å²) in [7, 11) is 0. The molecule has 0 atom stereocenters. The van der Waals surface area contributed by atoms with Crippen molar-refractivity contribution in [3.63, 3.8) is 0 Å². The third kappa shape index (κ3) is 2.83. The van der Waals surface area contributed by atoms with Gasteiger partial charge < -0.3 is 0 Å². The van der Waals surface area contributed by atoms with Gasteiger partial charge in [-0.25, -0.2) is 0 Å². The quantitative estimate of drug-likeness (QED) is 0.556. The van der Waals surface area contributed by atoms with E-state index in [0.717, 1.165) is 11.1 Å². The van der Waals surface area contributed by atoms with Crippen molar-refractivity contribution in [1.29, 1.82) is 0 Å². The Morgan fingerprint density at radius 1 is 0.875 bits per heavy atom. The van der Waals surface area contributed by atoms with Crippen LogP contribution in [0.3, 0.4) is 0 Å². The van der Waals surface area contributed by atoms with E-state index in [2.05, 4.69) is 0 Å². The lowest BCUT2D eigenvalue weighted by molar-refractivity contribution is 1.90. The van der Waals surface area contributed by atoms with Gasteiger partial charge >= 0.3 is 0 Å². The van der Waals surface area contributed by atoms with E-state index in [9.17, 15) is 0 Å². The second-order valence-electron chi connectivity index (χ2n) is 0.914. The van der Waals surface area contributed by atoms with Gasteiger partial charge in [0.25, 0.3) is 0 Å². The van der Waals surface area contributed by atoms with Gasteiger partial charge in [-0.3, -0.25) is 0 Å². The van der Waals surface area contributed by atoms with E-state index in [1.54, 1.807) is 0 Å². The summed E-state index contributed by atoms with van der Waals surface area (Å²) in [4.78, 5) is 0. The van der Waals surface area contributed by atoms with E-state index in [0.29, 0.717) is 0 Å². The highest BCUT2D eigenvalue weighted by molar-refractivity contribution is 6.48. The summed E-state index contributed by atoms with van der Waals surface area (Å²) >= 11 is 21.0. The maximum Gasteiger partial charge on any atom is 0.0714 e. The molecular formula is C4H2Cl4. The van der Waals surface area contributed by atoms with Crippen LogP contribution in [0.2, 0.25) is 0 Å². The molecule has 0 aliphatic rings. The van der Waals surface area contributed by atoms with Crippen molar-refractivity contribution in [3.8, 4) is 0 Å². The molecule has 4 heteroatoms. The third-order valence-corrected chi connectivity index (χ3v) is 1.80. The summed E-state index contributed by atoms with van der Waals surface area (Å²) in [6, 6.07) is 0. The molecule has 0 aromatic carbocycles. The Morgan fingerprint density at radius 3 is 1.25 bits per heavy atom. The molecular weight excluding hydrogens is 190 g/mol. The first-order valence-corrected chi connectivity index (χ1v) is 3.27. The zero-order valence-corrected chi connectivity index (χ0v) is 6.69. The monoisotopic (exact) mass is 190 g/mol. The normalized spacial score (nSPS) is 14.5. The van der Waals surface area contributed by atoms with Crippen molar-refractivity contribution < 1.29 is 0 Å². The molecule has 8 heavy (non-hydrogen) atoms. The van der Waals surface area contributed by atoms with Crippen LogP contribution >= 0.6 is 46.4 Å². The average Bonchev–Trinajstić information content (AvgIpc) is 1.84. The van der Waals surface area contributed by atoms with E-state index in [-0.39, 0.29) is 10.1 Å². The van der Waals surface area contributed by atoms with Gasteiger partial charge in [0.05, 0.1) is 10.1 Å².